The van der Waals surface area contributed by atoms with E-state index in [1.54, 1.807) is 6.07 Å². The van der Waals surface area contributed by atoms with Crippen molar-refractivity contribution in [1.82, 2.24) is 10.2 Å². The molecule has 0 amide bonds. The van der Waals surface area contributed by atoms with E-state index in [1.165, 1.54) is 12.1 Å². The van der Waals surface area contributed by atoms with Crippen molar-refractivity contribution < 1.29 is 13.2 Å². The number of aromatic nitrogens is 2. The molecule has 1 aliphatic heterocycles. The molecule has 0 bridgehead atoms. The summed E-state index contributed by atoms with van der Waals surface area (Å²) < 4.78 is 41.5. The average molecular weight is 411 g/mol. The van der Waals surface area contributed by atoms with E-state index in [0.29, 0.717) is 11.7 Å². The number of anilines is 1. The number of allylic oxidation sites excluding steroid dienone is 1. The number of para-hydroxylation sites is 1. The Morgan fingerprint density at radius 1 is 1.00 bits per heavy atom. The van der Waals surface area contributed by atoms with Gasteiger partial charge in [0.05, 0.1) is 11.1 Å². The first-order valence-corrected chi connectivity index (χ1v) is 9.89. The summed E-state index contributed by atoms with van der Waals surface area (Å²) in [5, 5.41) is 8.30. The standard InChI is InChI=1S/C22H20F3N5/c23-22(24,25)16-10-4-1-7-13(16)20-27-19(26)15-9-3-6-12-18(15)30(20)21-14-8-2-5-11-17(14)28-29-21/h1-2,4-5,7-8,10-11,20H,3,6,9,12H2,(H2,26,27)(H,28,29). The van der Waals surface area contributed by atoms with Gasteiger partial charge in [-0.25, -0.2) is 4.99 Å². The third-order valence-corrected chi connectivity index (χ3v) is 5.77. The van der Waals surface area contributed by atoms with Gasteiger partial charge >= 0.3 is 6.18 Å². The first-order chi connectivity index (χ1) is 14.4. The summed E-state index contributed by atoms with van der Waals surface area (Å²) in [6.45, 7) is 0. The molecule has 1 aromatic heterocycles. The number of amidine groups is 1. The Hall–Kier alpha value is -3.29. The Morgan fingerprint density at radius 3 is 2.57 bits per heavy atom. The van der Waals surface area contributed by atoms with Crippen molar-refractivity contribution in [2.24, 2.45) is 10.7 Å². The second-order valence-electron chi connectivity index (χ2n) is 7.57. The van der Waals surface area contributed by atoms with Crippen LogP contribution in [0.25, 0.3) is 10.9 Å². The number of fused-ring (bicyclic) bond motifs is 1. The Bertz CT molecular complexity index is 1170. The van der Waals surface area contributed by atoms with Crippen LogP contribution in [0, 0.1) is 0 Å². The van der Waals surface area contributed by atoms with Crippen LogP contribution in [-0.2, 0) is 6.18 Å². The van der Waals surface area contributed by atoms with E-state index in [9.17, 15) is 13.2 Å². The van der Waals surface area contributed by atoms with Crippen molar-refractivity contribution in [2.75, 3.05) is 4.90 Å². The number of aliphatic imine (C=N–C) groups is 1. The largest absolute Gasteiger partial charge is 0.416 e. The zero-order chi connectivity index (χ0) is 20.9. The van der Waals surface area contributed by atoms with Gasteiger partial charge in [0.2, 0.25) is 0 Å². The zero-order valence-corrected chi connectivity index (χ0v) is 16.1. The fourth-order valence-corrected chi connectivity index (χ4v) is 4.41. The molecule has 0 fully saturated rings. The van der Waals surface area contributed by atoms with Gasteiger partial charge in [-0.1, -0.05) is 30.3 Å². The minimum Gasteiger partial charge on any atom is -0.384 e. The number of hydrogen-bond acceptors (Lipinski definition) is 4. The lowest BCUT2D eigenvalue weighted by Gasteiger charge is -2.39. The van der Waals surface area contributed by atoms with E-state index in [1.807, 2.05) is 29.2 Å². The lowest BCUT2D eigenvalue weighted by Crippen LogP contribution is -2.38. The number of rotatable bonds is 2. The molecule has 154 valence electrons. The fourth-order valence-electron chi connectivity index (χ4n) is 4.41. The predicted molar refractivity (Wildman–Crippen MR) is 110 cm³/mol. The maximum Gasteiger partial charge on any atom is 0.416 e. The van der Waals surface area contributed by atoms with Gasteiger partial charge in [0.1, 0.15) is 5.84 Å². The molecule has 5 nitrogen and oxygen atoms in total. The van der Waals surface area contributed by atoms with E-state index < -0.39 is 17.9 Å². The molecule has 1 atom stereocenters. The van der Waals surface area contributed by atoms with Gasteiger partial charge in [0.15, 0.2) is 12.0 Å². The summed E-state index contributed by atoms with van der Waals surface area (Å²) in [4.78, 5) is 6.41. The van der Waals surface area contributed by atoms with Crippen LogP contribution in [0.3, 0.4) is 0 Å². The summed E-state index contributed by atoms with van der Waals surface area (Å²) in [7, 11) is 0. The summed E-state index contributed by atoms with van der Waals surface area (Å²) in [6.07, 6.45) is -2.03. The molecule has 0 saturated carbocycles. The highest BCUT2D eigenvalue weighted by Crippen LogP contribution is 2.45. The highest BCUT2D eigenvalue weighted by molar-refractivity contribution is 6.01. The van der Waals surface area contributed by atoms with Crippen LogP contribution in [-0.4, -0.2) is 16.0 Å². The highest BCUT2D eigenvalue weighted by Gasteiger charge is 2.40. The highest BCUT2D eigenvalue weighted by atomic mass is 19.4. The van der Waals surface area contributed by atoms with Crippen LogP contribution in [0.4, 0.5) is 19.0 Å². The topological polar surface area (TPSA) is 70.3 Å². The van der Waals surface area contributed by atoms with E-state index in [2.05, 4.69) is 15.2 Å². The molecule has 1 aliphatic carbocycles. The summed E-state index contributed by atoms with van der Waals surface area (Å²) in [6, 6.07) is 13.1. The Balaban J connectivity index is 1.75. The number of hydrogen-bond donors (Lipinski definition) is 2. The second kappa shape index (κ2) is 6.90. The lowest BCUT2D eigenvalue weighted by molar-refractivity contribution is -0.138. The Labute approximate surface area is 171 Å². The van der Waals surface area contributed by atoms with Crippen LogP contribution in [0.15, 0.2) is 64.8 Å². The molecule has 1 unspecified atom stereocenters. The van der Waals surface area contributed by atoms with Crippen molar-refractivity contribution in [3.63, 3.8) is 0 Å². The number of benzene rings is 2. The molecule has 5 rings (SSSR count). The molecule has 0 saturated heterocycles. The molecule has 3 N–H and O–H groups in total. The van der Waals surface area contributed by atoms with Crippen molar-refractivity contribution >= 4 is 22.6 Å². The monoisotopic (exact) mass is 411 g/mol. The lowest BCUT2D eigenvalue weighted by atomic mass is 9.91. The van der Waals surface area contributed by atoms with Crippen LogP contribution in [0.5, 0.6) is 0 Å². The quantitative estimate of drug-likeness (QED) is 0.602. The van der Waals surface area contributed by atoms with E-state index in [0.717, 1.165) is 53.9 Å². The number of halogens is 3. The predicted octanol–water partition coefficient (Wildman–Crippen LogP) is 5.29. The number of nitrogens with one attached hydrogen (secondary N) is 1. The number of nitrogens with zero attached hydrogens (tertiary/aromatic N) is 3. The molecule has 0 spiro atoms. The number of nitrogens with two attached hydrogens (primary N) is 1. The van der Waals surface area contributed by atoms with Crippen molar-refractivity contribution in [3.8, 4) is 0 Å². The normalized spacial score (nSPS) is 19.8. The van der Waals surface area contributed by atoms with E-state index in [4.69, 9.17) is 5.73 Å². The van der Waals surface area contributed by atoms with Crippen molar-refractivity contribution in [1.29, 1.82) is 0 Å². The third-order valence-electron chi connectivity index (χ3n) is 5.77. The van der Waals surface area contributed by atoms with E-state index in [-0.39, 0.29) is 5.56 Å². The Kier molecular flexibility index (Phi) is 4.30. The molecular weight excluding hydrogens is 391 g/mol. The fraction of sp³-hybridized carbons (Fsp3) is 0.273. The maximum absolute atomic E-state index is 13.8. The molecule has 2 aromatic carbocycles. The van der Waals surface area contributed by atoms with Gasteiger partial charge in [-0.3, -0.25) is 5.10 Å². The summed E-state index contributed by atoms with van der Waals surface area (Å²) in [5.41, 5.74) is 8.25. The molecule has 8 heteroatoms. The van der Waals surface area contributed by atoms with Gasteiger partial charge in [-0.15, -0.1) is 0 Å². The number of aromatic amines is 1. The second-order valence-corrected chi connectivity index (χ2v) is 7.57. The summed E-state index contributed by atoms with van der Waals surface area (Å²) >= 11 is 0. The van der Waals surface area contributed by atoms with Gasteiger partial charge in [-0.05, 0) is 43.9 Å². The average Bonchev–Trinajstić information content (AvgIpc) is 3.17. The molecule has 3 aromatic rings. The maximum atomic E-state index is 13.8. The van der Waals surface area contributed by atoms with Gasteiger partial charge in [-0.2, -0.15) is 18.3 Å². The first-order valence-electron chi connectivity index (χ1n) is 9.89. The van der Waals surface area contributed by atoms with Gasteiger partial charge in [0, 0.05) is 22.2 Å². The zero-order valence-electron chi connectivity index (χ0n) is 16.1. The molecule has 0 radical (unpaired) electrons. The van der Waals surface area contributed by atoms with Gasteiger partial charge in [0.25, 0.3) is 0 Å². The van der Waals surface area contributed by atoms with Crippen molar-refractivity contribution in [2.45, 2.75) is 38.0 Å². The van der Waals surface area contributed by atoms with Crippen molar-refractivity contribution in [3.05, 3.63) is 70.9 Å². The number of alkyl halides is 3. The molecule has 2 heterocycles. The Morgan fingerprint density at radius 2 is 1.73 bits per heavy atom. The summed E-state index contributed by atoms with van der Waals surface area (Å²) in [5.74, 6) is 0.890. The van der Waals surface area contributed by atoms with E-state index >= 15 is 0 Å². The van der Waals surface area contributed by atoms with Crippen LogP contribution in [0.1, 0.15) is 43.0 Å². The minimum atomic E-state index is -4.50. The third kappa shape index (κ3) is 2.94. The SMILES string of the molecule is NC1=NC(c2ccccc2C(F)(F)F)N(c2n[nH]c3ccccc23)C2=C1CCCC2. The molecular formula is C22H20F3N5. The molecule has 2 aliphatic rings. The van der Waals surface area contributed by atoms with Crippen LogP contribution >= 0.6 is 0 Å². The van der Waals surface area contributed by atoms with Crippen LogP contribution in [0.2, 0.25) is 0 Å². The van der Waals surface area contributed by atoms with Gasteiger partial charge < -0.3 is 10.6 Å². The number of H-pyrrole nitrogens is 1. The van der Waals surface area contributed by atoms with Crippen LogP contribution < -0.4 is 10.6 Å². The first kappa shape index (κ1) is 18.7. The molecule has 30 heavy (non-hydrogen) atoms. The smallest absolute Gasteiger partial charge is 0.384 e. The minimum absolute atomic E-state index is 0.0668.